The van der Waals surface area contributed by atoms with Crippen LogP contribution in [0.3, 0.4) is 0 Å². The molecule has 0 aromatic heterocycles. The van der Waals surface area contributed by atoms with Gasteiger partial charge in [0.25, 0.3) is 0 Å². The summed E-state index contributed by atoms with van der Waals surface area (Å²) in [5.74, 6) is 2.37. The molecule has 0 N–H and O–H groups in total. The van der Waals surface area contributed by atoms with Crippen LogP contribution in [-0.2, 0) is 29.1 Å². The van der Waals surface area contributed by atoms with Gasteiger partial charge in [-0.2, -0.15) is 0 Å². The third-order valence-corrected chi connectivity index (χ3v) is 5.81. The third kappa shape index (κ3) is 5.43. The molecule has 3 aromatic rings. The number of cyclic esters (lactones) is 1. The van der Waals surface area contributed by atoms with Gasteiger partial charge >= 0.3 is 5.97 Å². The van der Waals surface area contributed by atoms with Gasteiger partial charge in [-0.25, -0.2) is 0 Å². The predicted molar refractivity (Wildman–Crippen MR) is 127 cm³/mol. The molecule has 1 atom stereocenters. The molecule has 1 aliphatic heterocycles. The van der Waals surface area contributed by atoms with Crippen LogP contribution in [0.4, 0.5) is 0 Å². The number of carbonyl (C=O) groups is 1. The van der Waals surface area contributed by atoms with Crippen molar-refractivity contribution in [3.63, 3.8) is 0 Å². The van der Waals surface area contributed by atoms with Gasteiger partial charge in [-0.3, -0.25) is 9.69 Å². The van der Waals surface area contributed by atoms with Crippen molar-refractivity contribution >= 4 is 5.97 Å². The summed E-state index contributed by atoms with van der Waals surface area (Å²) in [6.07, 6.45) is 0.501. The van der Waals surface area contributed by atoms with Crippen LogP contribution >= 0.6 is 0 Å². The highest BCUT2D eigenvalue weighted by Gasteiger charge is 2.34. The summed E-state index contributed by atoms with van der Waals surface area (Å²) in [6.45, 7) is 1.24. The van der Waals surface area contributed by atoms with Crippen LogP contribution in [0.5, 0.6) is 23.0 Å². The number of esters is 1. The van der Waals surface area contributed by atoms with E-state index in [2.05, 4.69) is 0 Å². The second-order valence-corrected chi connectivity index (χ2v) is 8.01. The zero-order chi connectivity index (χ0) is 23.9. The summed E-state index contributed by atoms with van der Waals surface area (Å²) in [7, 11) is 4.82. The van der Waals surface area contributed by atoms with Gasteiger partial charge in [0.1, 0.15) is 19.4 Å². The van der Waals surface area contributed by atoms with Crippen LogP contribution in [-0.4, -0.2) is 45.0 Å². The van der Waals surface area contributed by atoms with E-state index in [9.17, 15) is 4.79 Å². The number of benzene rings is 3. The maximum absolute atomic E-state index is 12.5. The number of hydrogen-bond acceptors (Lipinski definition) is 7. The Morgan fingerprint density at radius 1 is 0.794 bits per heavy atom. The van der Waals surface area contributed by atoms with Gasteiger partial charge in [-0.15, -0.1) is 0 Å². The van der Waals surface area contributed by atoms with Crippen molar-refractivity contribution in [2.24, 2.45) is 0 Å². The largest absolute Gasteiger partial charge is 0.493 e. The zero-order valence-electron chi connectivity index (χ0n) is 19.7. The third-order valence-electron chi connectivity index (χ3n) is 5.81. The summed E-state index contributed by atoms with van der Waals surface area (Å²) in [5.41, 5.74) is 3.04. The Bertz CT molecular complexity index is 1120. The Morgan fingerprint density at radius 2 is 1.44 bits per heavy atom. The fraction of sp³-hybridized carbons (Fsp3) is 0.296. The molecule has 178 valence electrons. The van der Waals surface area contributed by atoms with E-state index in [0.717, 1.165) is 16.7 Å². The van der Waals surface area contributed by atoms with Gasteiger partial charge < -0.3 is 23.7 Å². The van der Waals surface area contributed by atoms with Crippen LogP contribution in [0.1, 0.15) is 16.7 Å². The SMILES string of the molecule is COc1ccc(CN2COC(=O)C2Cc2ccc(OCc3ccccc3)c(OC)c2)cc1OC. The molecule has 1 unspecified atom stereocenters. The van der Waals surface area contributed by atoms with Crippen LogP contribution in [0, 0.1) is 0 Å². The summed E-state index contributed by atoms with van der Waals surface area (Å²) in [6, 6.07) is 21.1. The molecular formula is C27H29NO6. The van der Waals surface area contributed by atoms with Crippen LogP contribution in [0.2, 0.25) is 0 Å². The molecule has 7 heteroatoms. The lowest BCUT2D eigenvalue weighted by Gasteiger charge is -2.21. The first-order chi connectivity index (χ1) is 16.6. The molecule has 7 nitrogen and oxygen atoms in total. The Kier molecular flexibility index (Phi) is 7.54. The van der Waals surface area contributed by atoms with Crippen molar-refractivity contribution in [3.8, 4) is 23.0 Å². The highest BCUT2D eigenvalue weighted by molar-refractivity contribution is 5.77. The molecule has 0 saturated carbocycles. The first kappa shape index (κ1) is 23.4. The molecule has 4 rings (SSSR count). The lowest BCUT2D eigenvalue weighted by Crippen LogP contribution is -2.34. The first-order valence-corrected chi connectivity index (χ1v) is 11.1. The van der Waals surface area contributed by atoms with Crippen molar-refractivity contribution in [2.45, 2.75) is 25.6 Å². The molecule has 1 heterocycles. The fourth-order valence-corrected chi connectivity index (χ4v) is 3.98. The van der Waals surface area contributed by atoms with E-state index >= 15 is 0 Å². The summed E-state index contributed by atoms with van der Waals surface area (Å²) in [5, 5.41) is 0. The average molecular weight is 464 g/mol. The lowest BCUT2D eigenvalue weighted by atomic mass is 10.0. The van der Waals surface area contributed by atoms with Gasteiger partial charge in [0.05, 0.1) is 21.3 Å². The topological polar surface area (TPSA) is 66.5 Å². The molecule has 0 aliphatic carbocycles. The number of methoxy groups -OCH3 is 3. The van der Waals surface area contributed by atoms with E-state index in [0.29, 0.717) is 42.6 Å². The minimum Gasteiger partial charge on any atom is -0.493 e. The molecule has 1 aliphatic rings. The monoisotopic (exact) mass is 463 g/mol. The molecule has 34 heavy (non-hydrogen) atoms. The smallest absolute Gasteiger partial charge is 0.325 e. The molecule has 3 aromatic carbocycles. The van der Waals surface area contributed by atoms with Crippen molar-refractivity contribution in [1.29, 1.82) is 0 Å². The van der Waals surface area contributed by atoms with Crippen LogP contribution in [0.25, 0.3) is 0 Å². The number of carbonyl (C=O) groups excluding carboxylic acids is 1. The fourth-order valence-electron chi connectivity index (χ4n) is 3.98. The number of ether oxygens (including phenoxy) is 5. The lowest BCUT2D eigenvalue weighted by molar-refractivity contribution is -0.139. The second-order valence-electron chi connectivity index (χ2n) is 8.01. The van der Waals surface area contributed by atoms with Gasteiger partial charge in [0.15, 0.2) is 23.0 Å². The van der Waals surface area contributed by atoms with Crippen LogP contribution in [0.15, 0.2) is 66.7 Å². The van der Waals surface area contributed by atoms with E-state index in [1.54, 1.807) is 21.3 Å². The van der Waals surface area contributed by atoms with Gasteiger partial charge in [0, 0.05) is 6.54 Å². The maximum Gasteiger partial charge on any atom is 0.325 e. The van der Waals surface area contributed by atoms with Crippen molar-refractivity contribution in [1.82, 2.24) is 4.90 Å². The standard InChI is InChI=1S/C27H29NO6/c1-30-23-11-10-21(15-25(23)31-2)16-28-18-34-27(29)22(28)13-20-9-12-24(26(14-20)32-3)33-17-19-7-5-4-6-8-19/h4-12,14-15,22H,13,16-18H2,1-3H3. The Labute approximate surface area is 199 Å². The summed E-state index contributed by atoms with van der Waals surface area (Å²) < 4.78 is 27.6. The quantitative estimate of drug-likeness (QED) is 0.417. The molecule has 1 saturated heterocycles. The number of nitrogens with zero attached hydrogens (tertiary/aromatic N) is 1. The van der Waals surface area contributed by atoms with E-state index in [-0.39, 0.29) is 12.7 Å². The maximum atomic E-state index is 12.5. The molecule has 0 bridgehead atoms. The molecule has 0 radical (unpaired) electrons. The van der Waals surface area contributed by atoms with Gasteiger partial charge in [-0.05, 0) is 47.4 Å². The zero-order valence-corrected chi connectivity index (χ0v) is 19.7. The van der Waals surface area contributed by atoms with E-state index in [1.807, 2.05) is 71.6 Å². The van der Waals surface area contributed by atoms with Gasteiger partial charge in [-0.1, -0.05) is 42.5 Å². The summed E-state index contributed by atoms with van der Waals surface area (Å²) >= 11 is 0. The number of rotatable bonds is 10. The Hall–Kier alpha value is -3.71. The number of hydrogen-bond donors (Lipinski definition) is 0. The predicted octanol–water partition coefficient (Wildman–Crippen LogP) is 4.22. The first-order valence-electron chi connectivity index (χ1n) is 11.1. The van der Waals surface area contributed by atoms with E-state index in [1.165, 1.54) is 0 Å². The van der Waals surface area contributed by atoms with Crippen molar-refractivity contribution < 1.29 is 28.5 Å². The Morgan fingerprint density at radius 3 is 2.18 bits per heavy atom. The molecular weight excluding hydrogens is 434 g/mol. The normalized spacial score (nSPS) is 15.6. The average Bonchev–Trinajstić information content (AvgIpc) is 3.22. The van der Waals surface area contributed by atoms with E-state index in [4.69, 9.17) is 23.7 Å². The molecule has 1 fully saturated rings. The Balaban J connectivity index is 1.45. The summed E-state index contributed by atoms with van der Waals surface area (Å²) in [4.78, 5) is 14.5. The van der Waals surface area contributed by atoms with Crippen LogP contribution < -0.4 is 18.9 Å². The van der Waals surface area contributed by atoms with Crippen molar-refractivity contribution in [2.75, 3.05) is 28.1 Å². The minimum atomic E-state index is -0.395. The molecule has 0 spiro atoms. The minimum absolute atomic E-state index is 0.233. The second kappa shape index (κ2) is 10.9. The molecule has 0 amide bonds. The highest BCUT2D eigenvalue weighted by atomic mass is 16.6. The van der Waals surface area contributed by atoms with E-state index < -0.39 is 6.04 Å². The highest BCUT2D eigenvalue weighted by Crippen LogP contribution is 2.32. The van der Waals surface area contributed by atoms with Gasteiger partial charge in [0.2, 0.25) is 0 Å². The van der Waals surface area contributed by atoms with Crippen molar-refractivity contribution in [3.05, 3.63) is 83.4 Å².